The Morgan fingerprint density at radius 2 is 1.86 bits per heavy atom. The zero-order valence-electron chi connectivity index (χ0n) is 23.8. The van der Waals surface area contributed by atoms with E-state index in [0.717, 1.165) is 48.2 Å². The molecule has 0 spiro atoms. The number of alkyl halides is 5. The van der Waals surface area contributed by atoms with Crippen LogP contribution in [0.25, 0.3) is 0 Å². The van der Waals surface area contributed by atoms with E-state index in [1.165, 1.54) is 19.4 Å². The predicted molar refractivity (Wildman–Crippen MR) is 145 cm³/mol. The number of amides is 2. The zero-order valence-corrected chi connectivity index (χ0v) is 23.8. The number of anilines is 1. The molecule has 2 aliphatic carbocycles. The Labute approximate surface area is 250 Å². The number of halogens is 6. The Kier molecular flexibility index (Phi) is 8.54. The van der Waals surface area contributed by atoms with Gasteiger partial charge in [-0.05, 0) is 55.4 Å². The van der Waals surface area contributed by atoms with Gasteiger partial charge in [0.2, 0.25) is 11.5 Å². The third-order valence-corrected chi connectivity index (χ3v) is 8.70. The summed E-state index contributed by atoms with van der Waals surface area (Å²) in [6, 6.07) is 2.97. The minimum Gasteiger partial charge on any atom is -0.379 e. The Balaban J connectivity index is 1.71. The lowest BCUT2D eigenvalue weighted by Crippen LogP contribution is -2.69. The smallest absolute Gasteiger partial charge is 0.379 e. The van der Waals surface area contributed by atoms with E-state index in [2.05, 4.69) is 10.3 Å². The fourth-order valence-corrected chi connectivity index (χ4v) is 6.13. The first-order chi connectivity index (χ1) is 20.8. The van der Waals surface area contributed by atoms with Crippen LogP contribution >= 0.6 is 0 Å². The topological polar surface area (TPSA) is 98.6 Å². The van der Waals surface area contributed by atoms with Gasteiger partial charge in [-0.2, -0.15) is 18.4 Å². The second-order valence-electron chi connectivity index (χ2n) is 11.6. The number of hydrogen-bond donors (Lipinski definition) is 1. The average molecular weight is 624 g/mol. The molecule has 3 fully saturated rings. The molecule has 14 heteroatoms. The average Bonchev–Trinajstić information content (AvgIpc) is 3.75. The standard InChI is InChI=1S/C30H31F6N5O3/c1-44-22-14-25(40(16-22)17-37)26(42)41(24-7-6-19(13-23(24)31)18-4-5-18)29(30(34,35)36,20-3-2-12-38-15-20)27(43)39-21-8-10-28(32,33)11-9-21/h2-3,6-7,12-13,15,18,21-22,25H,4-5,8-11,14,16H2,1H3,(H,39,43). The predicted octanol–water partition coefficient (Wildman–Crippen LogP) is 5.15. The molecular formula is C30H31F6N5O3. The molecular weight excluding hydrogens is 592 g/mol. The first-order valence-electron chi connectivity index (χ1n) is 14.3. The number of nitriles is 1. The lowest BCUT2D eigenvalue weighted by molar-refractivity contribution is -0.198. The molecule has 0 bridgehead atoms. The van der Waals surface area contributed by atoms with Crippen LogP contribution in [0.1, 0.15) is 62.0 Å². The summed E-state index contributed by atoms with van der Waals surface area (Å²) in [5.74, 6) is -7.29. The number of carbonyl (C=O) groups excluding carboxylic acids is 2. The van der Waals surface area contributed by atoms with Crippen LogP contribution in [0.5, 0.6) is 0 Å². The molecule has 236 valence electrons. The molecule has 3 unspecified atom stereocenters. The van der Waals surface area contributed by atoms with Gasteiger partial charge in [-0.3, -0.25) is 24.4 Å². The molecule has 1 aromatic carbocycles. The number of methoxy groups -OCH3 is 1. The van der Waals surface area contributed by atoms with Crippen molar-refractivity contribution in [2.45, 2.75) is 86.7 Å². The first kappa shape index (κ1) is 31.6. The number of aromatic nitrogens is 1. The first-order valence-corrected chi connectivity index (χ1v) is 14.3. The van der Waals surface area contributed by atoms with Crippen molar-refractivity contribution in [3.05, 3.63) is 59.7 Å². The van der Waals surface area contributed by atoms with E-state index < -0.39 is 77.5 Å². The molecule has 1 saturated heterocycles. The van der Waals surface area contributed by atoms with Crippen molar-refractivity contribution in [3.8, 4) is 6.19 Å². The molecule has 2 saturated carbocycles. The van der Waals surface area contributed by atoms with E-state index >= 15 is 17.6 Å². The molecule has 3 aliphatic rings. The minimum absolute atomic E-state index is 0.0208. The fourth-order valence-electron chi connectivity index (χ4n) is 6.13. The highest BCUT2D eigenvalue weighted by molar-refractivity contribution is 6.07. The normalized spacial score (nSPS) is 23.5. The third kappa shape index (κ3) is 5.81. The maximum Gasteiger partial charge on any atom is 0.425 e. The number of carbonyl (C=O) groups is 2. The fraction of sp³-hybridized carbons (Fsp3) is 0.533. The highest BCUT2D eigenvalue weighted by Crippen LogP contribution is 2.49. The summed E-state index contributed by atoms with van der Waals surface area (Å²) in [4.78, 5) is 33.4. The molecule has 0 radical (unpaired) electrons. The molecule has 2 heterocycles. The van der Waals surface area contributed by atoms with Crippen molar-refractivity contribution in [1.82, 2.24) is 15.2 Å². The quantitative estimate of drug-likeness (QED) is 0.323. The van der Waals surface area contributed by atoms with Crippen LogP contribution in [-0.4, -0.2) is 65.6 Å². The monoisotopic (exact) mass is 623 g/mol. The number of nitrogens with zero attached hydrogens (tertiary/aromatic N) is 4. The molecule has 2 aromatic rings. The molecule has 44 heavy (non-hydrogen) atoms. The van der Waals surface area contributed by atoms with Crippen LogP contribution in [0.3, 0.4) is 0 Å². The number of rotatable bonds is 8. The molecule has 1 aliphatic heterocycles. The van der Waals surface area contributed by atoms with Crippen LogP contribution in [0, 0.1) is 17.3 Å². The molecule has 5 rings (SSSR count). The van der Waals surface area contributed by atoms with E-state index in [1.807, 2.05) is 0 Å². The zero-order chi connectivity index (χ0) is 31.9. The molecule has 8 nitrogen and oxygen atoms in total. The van der Waals surface area contributed by atoms with Crippen molar-refractivity contribution in [2.24, 2.45) is 0 Å². The second kappa shape index (κ2) is 11.9. The summed E-state index contributed by atoms with van der Waals surface area (Å²) in [6.07, 6.45) is -3.17. The number of nitrogens with one attached hydrogen (secondary N) is 1. The van der Waals surface area contributed by atoms with Crippen molar-refractivity contribution in [1.29, 1.82) is 5.26 Å². The van der Waals surface area contributed by atoms with Crippen LogP contribution in [0.4, 0.5) is 32.0 Å². The Morgan fingerprint density at radius 3 is 2.41 bits per heavy atom. The van der Waals surface area contributed by atoms with Gasteiger partial charge in [-0.1, -0.05) is 12.1 Å². The van der Waals surface area contributed by atoms with Gasteiger partial charge in [0, 0.05) is 50.4 Å². The minimum atomic E-state index is -5.59. The van der Waals surface area contributed by atoms with Crippen molar-refractivity contribution in [2.75, 3.05) is 18.6 Å². The number of likely N-dealkylation sites (tertiary alicyclic amines) is 1. The molecule has 3 atom stereocenters. The van der Waals surface area contributed by atoms with Gasteiger partial charge in [-0.15, -0.1) is 0 Å². The van der Waals surface area contributed by atoms with Gasteiger partial charge in [0.1, 0.15) is 11.9 Å². The summed E-state index contributed by atoms with van der Waals surface area (Å²) in [6.45, 7) is -0.116. The van der Waals surface area contributed by atoms with E-state index in [4.69, 9.17) is 4.74 Å². The summed E-state index contributed by atoms with van der Waals surface area (Å²) in [5, 5.41) is 12.0. The van der Waals surface area contributed by atoms with E-state index in [1.54, 1.807) is 6.19 Å². The Morgan fingerprint density at radius 1 is 1.16 bits per heavy atom. The van der Waals surface area contributed by atoms with Gasteiger partial charge in [0.15, 0.2) is 6.19 Å². The van der Waals surface area contributed by atoms with Gasteiger partial charge in [0.05, 0.1) is 18.3 Å². The second-order valence-corrected chi connectivity index (χ2v) is 11.6. The highest BCUT2D eigenvalue weighted by atomic mass is 19.4. The Bertz CT molecular complexity index is 1420. The maximum absolute atomic E-state index is 16.0. The van der Waals surface area contributed by atoms with Crippen molar-refractivity contribution < 1.29 is 40.7 Å². The summed E-state index contributed by atoms with van der Waals surface area (Å²) in [7, 11) is 1.32. The maximum atomic E-state index is 16.0. The van der Waals surface area contributed by atoms with Gasteiger partial charge in [-0.25, -0.2) is 13.2 Å². The van der Waals surface area contributed by atoms with Crippen LogP contribution in [0.15, 0.2) is 42.7 Å². The van der Waals surface area contributed by atoms with Crippen LogP contribution in [0.2, 0.25) is 0 Å². The highest BCUT2D eigenvalue weighted by Gasteiger charge is 2.68. The van der Waals surface area contributed by atoms with Crippen molar-refractivity contribution in [3.63, 3.8) is 0 Å². The van der Waals surface area contributed by atoms with Gasteiger partial charge >= 0.3 is 6.18 Å². The number of benzene rings is 1. The number of hydrogen-bond acceptors (Lipinski definition) is 6. The van der Waals surface area contributed by atoms with E-state index in [-0.39, 0.29) is 36.6 Å². The van der Waals surface area contributed by atoms with E-state index in [9.17, 15) is 23.6 Å². The summed E-state index contributed by atoms with van der Waals surface area (Å²) >= 11 is 0. The SMILES string of the molecule is COC1CC(C(=O)N(c2ccc(C3CC3)cc2F)C(C(=O)NC2CCC(F)(F)CC2)(c2cccnc2)C(F)(F)F)N(C#N)C1. The summed E-state index contributed by atoms with van der Waals surface area (Å²) in [5.41, 5.74) is -4.99. The van der Waals surface area contributed by atoms with Gasteiger partial charge in [0.25, 0.3) is 11.8 Å². The largest absolute Gasteiger partial charge is 0.425 e. The van der Waals surface area contributed by atoms with E-state index in [0.29, 0.717) is 5.56 Å². The van der Waals surface area contributed by atoms with Gasteiger partial charge < -0.3 is 10.1 Å². The number of ether oxygens (including phenoxy) is 1. The van der Waals surface area contributed by atoms with Crippen LogP contribution < -0.4 is 10.2 Å². The summed E-state index contributed by atoms with van der Waals surface area (Å²) < 4.78 is 96.4. The van der Waals surface area contributed by atoms with Crippen LogP contribution in [-0.2, 0) is 19.9 Å². The Hall–Kier alpha value is -3.86. The third-order valence-electron chi connectivity index (χ3n) is 8.70. The molecule has 2 amide bonds. The van der Waals surface area contributed by atoms with Crippen molar-refractivity contribution >= 4 is 17.5 Å². The molecule has 1 N–H and O–H groups in total. The number of pyridine rings is 1. The lowest BCUT2D eigenvalue weighted by Gasteiger charge is -2.45. The molecule has 1 aromatic heterocycles. The lowest BCUT2D eigenvalue weighted by atomic mass is 9.84.